The first-order valence-corrected chi connectivity index (χ1v) is 11.2. The predicted octanol–water partition coefficient (Wildman–Crippen LogP) is 5.36. The third kappa shape index (κ3) is 7.49. The molecule has 1 saturated carbocycles. The van der Waals surface area contributed by atoms with Crippen LogP contribution in [0, 0.1) is 0 Å². The molecular formula is C22H30F6N4O. The number of nitrogens with two attached hydrogens (primary N) is 1. The van der Waals surface area contributed by atoms with E-state index in [-0.39, 0.29) is 17.6 Å². The second-order valence-electron chi connectivity index (χ2n) is 9.18. The monoisotopic (exact) mass is 480 g/mol. The maximum atomic E-state index is 13.0. The third-order valence-electron chi connectivity index (χ3n) is 6.54. The number of alkyl halides is 6. The Hall–Kier alpha value is -2.01. The van der Waals surface area contributed by atoms with Crippen molar-refractivity contribution < 1.29 is 31.1 Å². The van der Waals surface area contributed by atoms with E-state index in [0.29, 0.717) is 25.0 Å². The van der Waals surface area contributed by atoms with Crippen LogP contribution in [-0.4, -0.2) is 42.1 Å². The lowest BCUT2D eigenvalue weighted by Crippen LogP contribution is -2.48. The number of carbonyl (C=O) groups is 1. The molecule has 0 bridgehead atoms. The van der Waals surface area contributed by atoms with Gasteiger partial charge < -0.3 is 21.3 Å². The Morgan fingerprint density at radius 1 is 0.970 bits per heavy atom. The van der Waals surface area contributed by atoms with Gasteiger partial charge in [0.2, 0.25) is 0 Å². The summed E-state index contributed by atoms with van der Waals surface area (Å²) in [5.74, 6) is 0. The van der Waals surface area contributed by atoms with Crippen LogP contribution in [0.2, 0.25) is 0 Å². The van der Waals surface area contributed by atoms with Crippen molar-refractivity contribution in [3.8, 4) is 0 Å². The number of anilines is 1. The second-order valence-corrected chi connectivity index (χ2v) is 9.18. The molecule has 4 N–H and O–H groups in total. The fourth-order valence-corrected chi connectivity index (χ4v) is 4.57. The smallest absolute Gasteiger partial charge is 0.335 e. The zero-order valence-electron chi connectivity index (χ0n) is 18.3. The van der Waals surface area contributed by atoms with Crippen LogP contribution in [0.3, 0.4) is 0 Å². The third-order valence-corrected chi connectivity index (χ3v) is 6.54. The molecular weight excluding hydrogens is 450 g/mol. The summed E-state index contributed by atoms with van der Waals surface area (Å²) in [6.45, 7) is 2.35. The number of carbonyl (C=O) groups excluding carboxylic acids is 1. The Morgan fingerprint density at radius 2 is 1.52 bits per heavy atom. The first kappa shape index (κ1) is 25.6. The summed E-state index contributed by atoms with van der Waals surface area (Å²) < 4.78 is 77.9. The van der Waals surface area contributed by atoms with E-state index in [1.165, 1.54) is 6.42 Å². The molecule has 186 valence electrons. The predicted molar refractivity (Wildman–Crippen MR) is 113 cm³/mol. The minimum absolute atomic E-state index is 0.0254. The Morgan fingerprint density at radius 3 is 2.03 bits per heavy atom. The highest BCUT2D eigenvalue weighted by molar-refractivity contribution is 5.89. The number of benzene rings is 1. The van der Waals surface area contributed by atoms with Gasteiger partial charge in [0, 0.05) is 30.4 Å². The molecule has 0 spiro atoms. The van der Waals surface area contributed by atoms with Crippen molar-refractivity contribution >= 4 is 11.7 Å². The summed E-state index contributed by atoms with van der Waals surface area (Å²) in [4.78, 5) is 14.5. The highest BCUT2D eigenvalue weighted by atomic mass is 19.4. The number of halogens is 6. The lowest BCUT2D eigenvalue weighted by Gasteiger charge is -2.37. The number of nitrogens with one attached hydrogen (secondary N) is 2. The first-order valence-electron chi connectivity index (χ1n) is 11.2. The lowest BCUT2D eigenvalue weighted by molar-refractivity contribution is -0.143. The lowest BCUT2D eigenvalue weighted by atomic mass is 9.80. The molecule has 3 rings (SSSR count). The van der Waals surface area contributed by atoms with Gasteiger partial charge in [0.05, 0.1) is 11.1 Å². The van der Waals surface area contributed by atoms with Crippen LogP contribution >= 0.6 is 0 Å². The minimum atomic E-state index is -4.97. The van der Waals surface area contributed by atoms with Crippen LogP contribution in [0.25, 0.3) is 0 Å². The fraction of sp³-hybridized carbons (Fsp3) is 0.682. The van der Waals surface area contributed by atoms with Crippen LogP contribution in [-0.2, 0) is 12.4 Å². The van der Waals surface area contributed by atoms with Crippen molar-refractivity contribution in [2.75, 3.05) is 25.0 Å². The van der Waals surface area contributed by atoms with E-state index in [9.17, 15) is 31.1 Å². The van der Waals surface area contributed by atoms with Gasteiger partial charge in [-0.25, -0.2) is 4.79 Å². The summed E-state index contributed by atoms with van der Waals surface area (Å²) in [7, 11) is 0. The molecule has 2 amide bonds. The molecule has 1 aliphatic heterocycles. The average Bonchev–Trinajstić information content (AvgIpc) is 2.72. The Labute approximate surface area is 189 Å². The molecule has 0 unspecified atom stereocenters. The van der Waals surface area contributed by atoms with Crippen molar-refractivity contribution in [3.05, 3.63) is 29.3 Å². The second kappa shape index (κ2) is 10.1. The van der Waals surface area contributed by atoms with E-state index in [2.05, 4.69) is 15.5 Å². The molecule has 0 aromatic heterocycles. The van der Waals surface area contributed by atoms with Crippen LogP contribution < -0.4 is 16.4 Å². The maximum absolute atomic E-state index is 13.0. The van der Waals surface area contributed by atoms with Crippen molar-refractivity contribution in [1.82, 2.24) is 10.2 Å². The largest absolute Gasteiger partial charge is 0.416 e. The van der Waals surface area contributed by atoms with Gasteiger partial charge in [-0.15, -0.1) is 0 Å². The van der Waals surface area contributed by atoms with Gasteiger partial charge in [0.15, 0.2) is 0 Å². The standard InChI is InChI=1S/C22H30F6N4O/c23-21(24,25)15-12-16(22(26,27)28)14-18(13-15)31-19(33)30-17-4-9-32(10-5-17)11-8-20(29)6-2-1-3-7-20/h12-14,17H,1-11,29H2,(H2,30,31,33). The molecule has 2 fully saturated rings. The highest BCUT2D eigenvalue weighted by Gasteiger charge is 2.37. The molecule has 1 aromatic rings. The summed E-state index contributed by atoms with van der Waals surface area (Å²) >= 11 is 0. The van der Waals surface area contributed by atoms with E-state index in [1.54, 1.807) is 0 Å². The molecule has 1 aromatic carbocycles. The topological polar surface area (TPSA) is 70.4 Å². The Bertz CT molecular complexity index is 780. The number of urea groups is 1. The number of amides is 2. The number of nitrogens with zero attached hydrogens (tertiary/aromatic N) is 1. The van der Waals surface area contributed by atoms with E-state index >= 15 is 0 Å². The number of rotatable bonds is 5. The molecule has 1 saturated heterocycles. The van der Waals surface area contributed by atoms with Gasteiger partial charge in [0.25, 0.3) is 0 Å². The Balaban J connectivity index is 1.50. The van der Waals surface area contributed by atoms with Crippen molar-refractivity contribution in [2.45, 2.75) is 75.3 Å². The highest BCUT2D eigenvalue weighted by Crippen LogP contribution is 2.37. The van der Waals surface area contributed by atoms with Crippen LogP contribution in [0.1, 0.15) is 62.5 Å². The molecule has 0 atom stereocenters. The molecule has 33 heavy (non-hydrogen) atoms. The normalized spacial score (nSPS) is 20.5. The van der Waals surface area contributed by atoms with Gasteiger partial charge in [-0.2, -0.15) is 26.3 Å². The summed E-state index contributed by atoms with van der Waals surface area (Å²) in [6.07, 6.45) is -2.11. The fourth-order valence-electron chi connectivity index (χ4n) is 4.57. The number of hydrogen-bond donors (Lipinski definition) is 3. The van der Waals surface area contributed by atoms with Crippen molar-refractivity contribution in [2.24, 2.45) is 5.73 Å². The quantitative estimate of drug-likeness (QED) is 0.497. The Kier molecular flexibility index (Phi) is 7.83. The zero-order chi connectivity index (χ0) is 24.3. The molecule has 11 heteroatoms. The van der Waals surface area contributed by atoms with Crippen LogP contribution in [0.4, 0.5) is 36.8 Å². The molecule has 5 nitrogen and oxygen atoms in total. The summed E-state index contributed by atoms with van der Waals surface area (Å²) in [6, 6.07) is -0.0338. The number of hydrogen-bond acceptors (Lipinski definition) is 3. The van der Waals surface area contributed by atoms with Gasteiger partial charge in [-0.1, -0.05) is 19.3 Å². The van der Waals surface area contributed by atoms with Gasteiger partial charge in [0.1, 0.15) is 0 Å². The van der Waals surface area contributed by atoms with Gasteiger partial charge in [-0.3, -0.25) is 0 Å². The van der Waals surface area contributed by atoms with E-state index in [1.807, 2.05) is 0 Å². The molecule has 2 aliphatic rings. The molecule has 0 radical (unpaired) electrons. The van der Waals surface area contributed by atoms with E-state index in [0.717, 1.165) is 51.7 Å². The number of piperidine rings is 1. The SMILES string of the molecule is NC1(CCN2CCC(NC(=O)Nc3cc(C(F)(F)F)cc(C(F)(F)F)c3)CC2)CCCCC1. The maximum Gasteiger partial charge on any atom is 0.416 e. The summed E-state index contributed by atoms with van der Waals surface area (Å²) in [5.41, 5.74) is 2.87. The van der Waals surface area contributed by atoms with Crippen LogP contribution in [0.5, 0.6) is 0 Å². The van der Waals surface area contributed by atoms with Crippen LogP contribution in [0.15, 0.2) is 18.2 Å². The van der Waals surface area contributed by atoms with Crippen molar-refractivity contribution in [1.29, 1.82) is 0 Å². The molecule has 1 heterocycles. The van der Waals surface area contributed by atoms with E-state index < -0.39 is 35.2 Å². The number of likely N-dealkylation sites (tertiary alicyclic amines) is 1. The summed E-state index contributed by atoms with van der Waals surface area (Å²) in [5, 5.41) is 4.77. The van der Waals surface area contributed by atoms with E-state index in [4.69, 9.17) is 5.73 Å². The van der Waals surface area contributed by atoms with Gasteiger partial charge in [-0.05, 0) is 56.8 Å². The first-order chi connectivity index (χ1) is 15.3. The van der Waals surface area contributed by atoms with Crippen molar-refractivity contribution in [3.63, 3.8) is 0 Å². The zero-order valence-corrected chi connectivity index (χ0v) is 18.3. The van der Waals surface area contributed by atoms with Gasteiger partial charge >= 0.3 is 18.4 Å². The minimum Gasteiger partial charge on any atom is -0.335 e. The molecule has 1 aliphatic carbocycles. The average molecular weight is 480 g/mol.